The third-order valence-electron chi connectivity index (χ3n) is 6.21. The lowest BCUT2D eigenvalue weighted by molar-refractivity contribution is -0.127. The van der Waals surface area contributed by atoms with E-state index in [1.165, 1.54) is 0 Å². The van der Waals surface area contributed by atoms with Gasteiger partial charge < -0.3 is 9.47 Å². The highest BCUT2D eigenvalue weighted by molar-refractivity contribution is 9.10. The molecule has 1 aliphatic heterocycles. The summed E-state index contributed by atoms with van der Waals surface area (Å²) < 4.78 is 28.4. The highest BCUT2D eigenvalue weighted by Gasteiger charge is 2.26. The summed E-state index contributed by atoms with van der Waals surface area (Å²) in [7, 11) is -3.37. The van der Waals surface area contributed by atoms with Crippen LogP contribution in [-0.4, -0.2) is 47.6 Å². The van der Waals surface area contributed by atoms with Crippen molar-refractivity contribution in [2.45, 2.75) is 37.1 Å². The third kappa shape index (κ3) is 5.85. The normalized spacial score (nSPS) is 15.2. The van der Waals surface area contributed by atoms with Crippen molar-refractivity contribution in [2.24, 2.45) is 0 Å². The molecule has 3 aromatic rings. The number of carbonyl (C=O) groups is 1. The molecule has 0 saturated carbocycles. The first kappa shape index (κ1) is 24.4. The Labute approximate surface area is 209 Å². The van der Waals surface area contributed by atoms with Crippen molar-refractivity contribution in [3.05, 3.63) is 88.4 Å². The van der Waals surface area contributed by atoms with Gasteiger partial charge in [0.2, 0.25) is 5.91 Å². The number of hydrogen-bond acceptors (Lipinski definition) is 4. The van der Waals surface area contributed by atoms with Crippen LogP contribution < -0.4 is 0 Å². The molecule has 8 heteroatoms. The Morgan fingerprint density at radius 2 is 1.82 bits per heavy atom. The second-order valence-electron chi connectivity index (χ2n) is 8.57. The molecule has 0 unspecified atom stereocenters. The minimum Gasteiger partial charge on any atom is -0.339 e. The minimum absolute atomic E-state index is 0.00161. The molecular weight excluding hydrogens is 514 g/mol. The van der Waals surface area contributed by atoms with E-state index < -0.39 is 9.84 Å². The van der Waals surface area contributed by atoms with E-state index in [2.05, 4.69) is 20.9 Å². The molecule has 1 fully saturated rings. The number of rotatable bonds is 7. The van der Waals surface area contributed by atoms with E-state index >= 15 is 0 Å². The van der Waals surface area contributed by atoms with Crippen LogP contribution in [0.3, 0.4) is 0 Å². The second kappa shape index (κ2) is 10.7. The summed E-state index contributed by atoms with van der Waals surface area (Å²) in [5.41, 5.74) is 2.00. The molecule has 4 rings (SSSR count). The first-order chi connectivity index (χ1) is 16.3. The first-order valence-electron chi connectivity index (χ1n) is 11.4. The van der Waals surface area contributed by atoms with Crippen molar-refractivity contribution in [3.63, 3.8) is 0 Å². The maximum atomic E-state index is 12.7. The molecule has 6 nitrogen and oxygen atoms in total. The molecule has 0 aliphatic carbocycles. The van der Waals surface area contributed by atoms with E-state index in [1.54, 1.807) is 24.4 Å². The van der Waals surface area contributed by atoms with Gasteiger partial charge in [-0.2, -0.15) is 0 Å². The van der Waals surface area contributed by atoms with Gasteiger partial charge in [-0.25, -0.2) is 13.4 Å². The van der Waals surface area contributed by atoms with Crippen molar-refractivity contribution < 1.29 is 13.2 Å². The molecule has 2 heterocycles. The number of imidazole rings is 1. The number of benzene rings is 2. The molecule has 1 aromatic heterocycles. The van der Waals surface area contributed by atoms with Crippen LogP contribution in [0.4, 0.5) is 0 Å². The molecule has 2 aromatic carbocycles. The number of sulfone groups is 1. The molecule has 0 bridgehead atoms. The average molecular weight is 542 g/mol. The van der Waals surface area contributed by atoms with Crippen LogP contribution in [-0.2, 0) is 21.2 Å². The minimum atomic E-state index is -3.37. The highest BCUT2D eigenvalue weighted by atomic mass is 79.9. The predicted octanol–water partition coefficient (Wildman–Crippen LogP) is 4.85. The van der Waals surface area contributed by atoms with E-state index in [0.717, 1.165) is 34.3 Å². The van der Waals surface area contributed by atoms with Gasteiger partial charge in [0.1, 0.15) is 5.82 Å². The van der Waals surface area contributed by atoms with Crippen molar-refractivity contribution in [1.82, 2.24) is 14.5 Å². The molecule has 0 atom stereocenters. The van der Waals surface area contributed by atoms with Gasteiger partial charge >= 0.3 is 0 Å². The van der Waals surface area contributed by atoms with Gasteiger partial charge in [-0.05, 0) is 49.6 Å². The molecule has 0 radical (unpaired) electrons. The fourth-order valence-corrected chi connectivity index (χ4v) is 5.83. The van der Waals surface area contributed by atoms with E-state index in [1.807, 2.05) is 65.1 Å². The Hall–Kier alpha value is -2.71. The number of carbonyl (C=O) groups excluding carboxylic acids is 1. The zero-order valence-electron chi connectivity index (χ0n) is 19.1. The summed E-state index contributed by atoms with van der Waals surface area (Å²) in [6.45, 7) is 3.60. The first-order valence-corrected chi connectivity index (χ1v) is 13.8. The quantitative estimate of drug-likeness (QED) is 0.401. The number of amides is 1. The van der Waals surface area contributed by atoms with Gasteiger partial charge in [-0.3, -0.25) is 4.79 Å². The van der Waals surface area contributed by atoms with E-state index in [-0.39, 0.29) is 17.6 Å². The summed E-state index contributed by atoms with van der Waals surface area (Å²) in [5, 5.41) is 0. The number of piperidine rings is 1. The number of nitrogens with zero attached hydrogens (tertiary/aromatic N) is 3. The second-order valence-corrected chi connectivity index (χ2v) is 11.5. The summed E-state index contributed by atoms with van der Waals surface area (Å²) in [4.78, 5) is 19.4. The fourth-order valence-electron chi connectivity index (χ4n) is 4.19. The van der Waals surface area contributed by atoms with E-state index in [9.17, 15) is 13.2 Å². The van der Waals surface area contributed by atoms with E-state index in [4.69, 9.17) is 0 Å². The van der Waals surface area contributed by atoms with Gasteiger partial charge in [-0.1, -0.05) is 51.8 Å². The fraction of sp³-hybridized carbons (Fsp3) is 0.308. The lowest BCUT2D eigenvalue weighted by atomic mass is 9.95. The van der Waals surface area contributed by atoms with Crippen LogP contribution in [0.5, 0.6) is 0 Å². The van der Waals surface area contributed by atoms with Crippen LogP contribution in [0, 0.1) is 6.92 Å². The molecule has 34 heavy (non-hydrogen) atoms. The molecule has 1 amide bonds. The number of halogens is 1. The van der Waals surface area contributed by atoms with Gasteiger partial charge in [0.15, 0.2) is 9.84 Å². The lowest BCUT2D eigenvalue weighted by Crippen LogP contribution is -2.37. The summed E-state index contributed by atoms with van der Waals surface area (Å²) in [6, 6.07) is 14.7. The Balaban J connectivity index is 1.34. The molecule has 0 spiro atoms. The Kier molecular flexibility index (Phi) is 7.68. The average Bonchev–Trinajstić information content (AvgIpc) is 3.31. The number of hydrogen-bond donors (Lipinski definition) is 0. The summed E-state index contributed by atoms with van der Waals surface area (Å²) in [5.74, 6) is 1.13. The zero-order valence-corrected chi connectivity index (χ0v) is 21.5. The zero-order chi connectivity index (χ0) is 24.1. The maximum Gasteiger partial charge on any atom is 0.246 e. The number of aromatic nitrogens is 2. The predicted molar refractivity (Wildman–Crippen MR) is 137 cm³/mol. The van der Waals surface area contributed by atoms with Crippen LogP contribution in [0.15, 0.2) is 76.4 Å². The van der Waals surface area contributed by atoms with Gasteiger partial charge in [0.05, 0.1) is 10.6 Å². The van der Waals surface area contributed by atoms with Crippen LogP contribution in [0.2, 0.25) is 0 Å². The SMILES string of the molecule is Cc1ccc(S(=O)(=O)CCn2ccnc2C2CCN(C(=O)C=Cc3ccccc3Br)CC2)cc1. The van der Waals surface area contributed by atoms with Gasteiger partial charge in [0, 0.05) is 48.5 Å². The molecular formula is C26H28BrN3O3S. The third-order valence-corrected chi connectivity index (χ3v) is 8.64. The largest absolute Gasteiger partial charge is 0.339 e. The number of likely N-dealkylation sites (tertiary alicyclic amines) is 1. The van der Waals surface area contributed by atoms with E-state index in [0.29, 0.717) is 24.5 Å². The topological polar surface area (TPSA) is 72.3 Å². The van der Waals surface area contributed by atoms with Crippen molar-refractivity contribution in [3.8, 4) is 0 Å². The summed E-state index contributed by atoms with van der Waals surface area (Å²) in [6.07, 6.45) is 8.63. The number of aryl methyl sites for hydroxylation is 2. The van der Waals surface area contributed by atoms with Crippen molar-refractivity contribution >= 4 is 37.8 Å². The molecule has 178 valence electrons. The van der Waals surface area contributed by atoms with Gasteiger partial charge in [-0.15, -0.1) is 0 Å². The summed E-state index contributed by atoms with van der Waals surface area (Å²) >= 11 is 3.50. The Morgan fingerprint density at radius 3 is 2.53 bits per heavy atom. The van der Waals surface area contributed by atoms with Crippen molar-refractivity contribution in [1.29, 1.82) is 0 Å². The van der Waals surface area contributed by atoms with Crippen LogP contribution >= 0.6 is 15.9 Å². The van der Waals surface area contributed by atoms with Crippen molar-refractivity contribution in [2.75, 3.05) is 18.8 Å². The maximum absolute atomic E-state index is 12.7. The van der Waals surface area contributed by atoms with Gasteiger partial charge in [0.25, 0.3) is 0 Å². The van der Waals surface area contributed by atoms with Crippen LogP contribution in [0.1, 0.15) is 35.7 Å². The Bertz CT molecular complexity index is 1270. The van der Waals surface area contributed by atoms with Crippen LogP contribution in [0.25, 0.3) is 6.08 Å². The highest BCUT2D eigenvalue weighted by Crippen LogP contribution is 2.27. The Morgan fingerprint density at radius 1 is 1.12 bits per heavy atom. The molecule has 0 N–H and O–H groups in total. The monoisotopic (exact) mass is 541 g/mol. The lowest BCUT2D eigenvalue weighted by Gasteiger charge is -2.31. The standard InChI is InChI=1S/C26H28BrN3O3S/c1-20-6-9-23(10-7-20)34(32,33)19-18-30-17-14-28-26(30)22-12-15-29(16-13-22)25(31)11-8-21-4-2-3-5-24(21)27/h2-11,14,17,22H,12-13,15-16,18-19H2,1H3. The molecule has 1 aliphatic rings. The molecule has 1 saturated heterocycles. The smallest absolute Gasteiger partial charge is 0.246 e.